The molecule has 1 saturated carbocycles. The van der Waals surface area contributed by atoms with Gasteiger partial charge in [-0.3, -0.25) is 4.79 Å². The second-order valence-corrected chi connectivity index (χ2v) is 7.63. The summed E-state index contributed by atoms with van der Waals surface area (Å²) in [4.78, 5) is 32.6. The van der Waals surface area contributed by atoms with Crippen LogP contribution in [0.5, 0.6) is 11.5 Å². The van der Waals surface area contributed by atoms with Gasteiger partial charge >= 0.3 is 13.1 Å². The predicted octanol–water partition coefficient (Wildman–Crippen LogP) is 0.128. The van der Waals surface area contributed by atoms with Gasteiger partial charge in [-0.05, 0) is 24.0 Å². The summed E-state index contributed by atoms with van der Waals surface area (Å²) in [5, 5.41) is 19.7. The van der Waals surface area contributed by atoms with Gasteiger partial charge in [-0.25, -0.2) is 9.78 Å². The molecule has 3 heterocycles. The lowest BCUT2D eigenvalue weighted by Crippen LogP contribution is -2.58. The number of hydrogen-bond acceptors (Lipinski definition) is 7. The number of benzene rings is 1. The van der Waals surface area contributed by atoms with Crippen LogP contribution in [0.2, 0.25) is 5.82 Å². The van der Waals surface area contributed by atoms with Gasteiger partial charge in [0.25, 0.3) is 0 Å². The first-order valence-electron chi connectivity index (χ1n) is 9.38. The van der Waals surface area contributed by atoms with E-state index in [2.05, 4.69) is 9.97 Å². The molecule has 1 aliphatic carbocycles. The second-order valence-electron chi connectivity index (χ2n) is 7.63. The highest BCUT2D eigenvalue weighted by Crippen LogP contribution is 2.60. The van der Waals surface area contributed by atoms with Gasteiger partial charge in [0, 0.05) is 12.0 Å². The molecule has 11 heteroatoms. The molecular weight excluding hydrogens is 379 g/mol. The van der Waals surface area contributed by atoms with Crippen molar-refractivity contribution in [2.75, 3.05) is 13.1 Å². The summed E-state index contributed by atoms with van der Waals surface area (Å²) in [5.74, 6) is -0.963. The van der Waals surface area contributed by atoms with E-state index in [1.807, 2.05) is 0 Å². The van der Waals surface area contributed by atoms with Crippen molar-refractivity contribution < 1.29 is 29.1 Å². The van der Waals surface area contributed by atoms with E-state index in [4.69, 9.17) is 15.1 Å². The molecule has 0 bridgehead atoms. The van der Waals surface area contributed by atoms with E-state index < -0.39 is 19.1 Å². The summed E-state index contributed by atoms with van der Waals surface area (Å²) < 4.78 is 11.3. The number of imidazole rings is 1. The molecule has 3 unspecified atom stereocenters. The maximum absolute atomic E-state index is 12.4. The number of hydrogen-bond donors (Lipinski definition) is 4. The number of H-pyrrole nitrogens is 1. The van der Waals surface area contributed by atoms with Crippen LogP contribution >= 0.6 is 0 Å². The molecule has 1 saturated heterocycles. The second kappa shape index (κ2) is 6.50. The topological polar surface area (TPSA) is 151 Å². The number of amides is 1. The standard InChI is InChI=1S/C18H19BN4O6/c20-15(12-4-21-7-22-12)17(24)23-5-8(6-23)28-13-2-1-9-10-3-11(10)19(27)29-16(9)14(13)18(25)26/h1-2,4,7-8,10-11,15,27H,3,5-6,20H2,(H,21,22)(H,25,26). The van der Waals surface area contributed by atoms with E-state index in [0.717, 1.165) is 12.0 Å². The van der Waals surface area contributed by atoms with Crippen molar-refractivity contribution in [2.45, 2.75) is 30.3 Å². The van der Waals surface area contributed by atoms with Crippen LogP contribution in [0.25, 0.3) is 0 Å². The first kappa shape index (κ1) is 18.0. The van der Waals surface area contributed by atoms with Gasteiger partial charge < -0.3 is 35.1 Å². The molecule has 2 fully saturated rings. The lowest BCUT2D eigenvalue weighted by Gasteiger charge is -2.40. The molecule has 1 aromatic carbocycles. The Kier molecular flexibility index (Phi) is 4.03. The van der Waals surface area contributed by atoms with Crippen LogP contribution in [0, 0.1) is 0 Å². The SMILES string of the molecule is NC(C(=O)N1CC(Oc2ccc3c(c2C(=O)O)OB(O)C2CC32)C1)c1c[nH]cn1. The zero-order chi connectivity index (χ0) is 20.3. The molecule has 5 rings (SSSR count). The first-order chi connectivity index (χ1) is 13.9. The fourth-order valence-corrected chi connectivity index (χ4v) is 4.03. The molecule has 150 valence electrons. The van der Waals surface area contributed by atoms with Crippen molar-refractivity contribution in [1.29, 1.82) is 0 Å². The number of carbonyl (C=O) groups is 2. The largest absolute Gasteiger partial charge is 0.535 e. The highest BCUT2D eigenvalue weighted by molar-refractivity contribution is 6.48. The van der Waals surface area contributed by atoms with Crippen LogP contribution in [0.15, 0.2) is 24.7 Å². The fraction of sp³-hybridized carbons (Fsp3) is 0.389. The third-order valence-corrected chi connectivity index (χ3v) is 5.77. The Morgan fingerprint density at radius 2 is 2.21 bits per heavy atom. The van der Waals surface area contributed by atoms with Crippen LogP contribution < -0.4 is 15.1 Å². The van der Waals surface area contributed by atoms with E-state index in [-0.39, 0.29) is 40.8 Å². The minimum absolute atomic E-state index is 0.0286. The van der Waals surface area contributed by atoms with E-state index in [1.165, 1.54) is 11.2 Å². The number of aromatic amines is 1. The Hall–Kier alpha value is -3.05. The Morgan fingerprint density at radius 3 is 2.90 bits per heavy atom. The van der Waals surface area contributed by atoms with Crippen molar-refractivity contribution in [3.63, 3.8) is 0 Å². The van der Waals surface area contributed by atoms with Gasteiger partial charge in [0.1, 0.15) is 29.2 Å². The number of nitrogens with one attached hydrogen (secondary N) is 1. The lowest BCUT2D eigenvalue weighted by atomic mass is 9.77. The third-order valence-electron chi connectivity index (χ3n) is 5.77. The van der Waals surface area contributed by atoms with Gasteiger partial charge in [0.05, 0.1) is 25.1 Å². The predicted molar refractivity (Wildman–Crippen MR) is 99.6 cm³/mol. The Balaban J connectivity index is 1.29. The fourth-order valence-electron chi connectivity index (χ4n) is 4.03. The van der Waals surface area contributed by atoms with E-state index in [1.54, 1.807) is 18.3 Å². The molecule has 1 aromatic heterocycles. The number of fused-ring (bicyclic) bond motifs is 3. The summed E-state index contributed by atoms with van der Waals surface area (Å²) in [7, 11) is -0.999. The summed E-state index contributed by atoms with van der Waals surface area (Å²) in [6, 6.07) is 2.56. The third kappa shape index (κ3) is 2.93. The summed E-state index contributed by atoms with van der Waals surface area (Å²) in [6.45, 7) is 0.586. The van der Waals surface area contributed by atoms with Crippen molar-refractivity contribution >= 4 is 19.0 Å². The first-order valence-corrected chi connectivity index (χ1v) is 9.38. The molecule has 1 amide bonds. The quantitative estimate of drug-likeness (QED) is 0.519. The number of nitrogens with zero attached hydrogens (tertiary/aromatic N) is 2. The van der Waals surface area contributed by atoms with Gasteiger partial charge in [-0.15, -0.1) is 0 Å². The maximum atomic E-state index is 12.4. The molecule has 29 heavy (non-hydrogen) atoms. The van der Waals surface area contributed by atoms with Gasteiger partial charge in [-0.2, -0.15) is 0 Å². The number of carbonyl (C=O) groups excluding carboxylic acids is 1. The Bertz CT molecular complexity index is 977. The zero-order valence-electron chi connectivity index (χ0n) is 15.3. The van der Waals surface area contributed by atoms with Crippen LogP contribution in [-0.4, -0.2) is 63.2 Å². The number of likely N-dealkylation sites (tertiary alicyclic amines) is 1. The molecule has 2 aromatic rings. The van der Waals surface area contributed by atoms with Gasteiger partial charge in [0.2, 0.25) is 5.91 Å². The van der Waals surface area contributed by atoms with Crippen LogP contribution in [0.4, 0.5) is 0 Å². The summed E-state index contributed by atoms with van der Waals surface area (Å²) in [6.07, 6.45) is 3.45. The molecule has 0 radical (unpaired) electrons. The van der Waals surface area contributed by atoms with Gasteiger partial charge in [-0.1, -0.05) is 6.07 Å². The summed E-state index contributed by atoms with van der Waals surface area (Å²) >= 11 is 0. The number of nitrogens with two attached hydrogens (primary N) is 1. The molecule has 10 nitrogen and oxygen atoms in total. The smallest absolute Gasteiger partial charge is 0.526 e. The number of carboxylic acid groups (broad SMARTS) is 1. The van der Waals surface area contributed by atoms with Crippen molar-refractivity contribution in [3.05, 3.63) is 41.5 Å². The van der Waals surface area contributed by atoms with Crippen LogP contribution in [-0.2, 0) is 4.79 Å². The number of rotatable bonds is 5. The van der Waals surface area contributed by atoms with Crippen molar-refractivity contribution in [1.82, 2.24) is 14.9 Å². The molecular formula is C18H19BN4O6. The minimum atomic E-state index is -1.18. The number of aromatic carboxylic acids is 1. The maximum Gasteiger partial charge on any atom is 0.526 e. The molecule has 3 aliphatic rings. The monoisotopic (exact) mass is 398 g/mol. The van der Waals surface area contributed by atoms with Crippen LogP contribution in [0.1, 0.15) is 40.0 Å². The summed E-state index contributed by atoms with van der Waals surface area (Å²) in [5.41, 5.74) is 7.08. The van der Waals surface area contributed by atoms with Crippen molar-refractivity contribution in [3.8, 4) is 11.5 Å². The number of carboxylic acids is 1. The highest BCUT2D eigenvalue weighted by Gasteiger charge is 2.54. The average Bonchev–Trinajstić information content (AvgIpc) is 3.29. The average molecular weight is 398 g/mol. The molecule has 2 aliphatic heterocycles. The number of aromatic nitrogens is 2. The Labute approximate surface area is 165 Å². The Morgan fingerprint density at radius 1 is 1.41 bits per heavy atom. The van der Waals surface area contributed by atoms with Crippen molar-refractivity contribution in [2.24, 2.45) is 5.73 Å². The van der Waals surface area contributed by atoms with Crippen LogP contribution in [0.3, 0.4) is 0 Å². The van der Waals surface area contributed by atoms with E-state index >= 15 is 0 Å². The highest BCUT2D eigenvalue weighted by atomic mass is 16.5. The molecule has 5 N–H and O–H groups in total. The normalized spacial score (nSPS) is 23.4. The molecule has 0 spiro atoms. The van der Waals surface area contributed by atoms with E-state index in [0.29, 0.717) is 18.8 Å². The molecule has 3 atom stereocenters. The van der Waals surface area contributed by atoms with Gasteiger partial charge in [0.15, 0.2) is 0 Å². The minimum Gasteiger partial charge on any atom is -0.535 e. The zero-order valence-corrected chi connectivity index (χ0v) is 15.3. The number of ether oxygens (including phenoxy) is 1. The van der Waals surface area contributed by atoms with E-state index in [9.17, 15) is 19.7 Å². The lowest BCUT2D eigenvalue weighted by molar-refractivity contribution is -0.141.